The van der Waals surface area contributed by atoms with E-state index in [1.165, 1.54) is 18.4 Å². The average molecular weight is 336 g/mol. The first kappa shape index (κ1) is 17.2. The molecule has 1 aromatic carbocycles. The summed E-state index contributed by atoms with van der Waals surface area (Å²) in [5.41, 5.74) is 0.890. The van der Waals surface area contributed by atoms with Crippen LogP contribution < -0.4 is 9.54 Å². The lowest BCUT2D eigenvalue weighted by Gasteiger charge is -2.05. The van der Waals surface area contributed by atoms with Gasteiger partial charge >= 0.3 is 5.97 Å². The molecule has 124 valence electrons. The number of amides is 1. The van der Waals surface area contributed by atoms with Gasteiger partial charge in [-0.05, 0) is 18.6 Å². The molecule has 2 rings (SSSR count). The van der Waals surface area contributed by atoms with Crippen molar-refractivity contribution >= 4 is 33.4 Å². The zero-order valence-corrected chi connectivity index (χ0v) is 14.3. The fourth-order valence-electron chi connectivity index (χ4n) is 2.16. The third-order valence-corrected chi connectivity index (χ3v) is 4.40. The molecule has 1 aromatic heterocycles. The van der Waals surface area contributed by atoms with Crippen molar-refractivity contribution in [3.8, 4) is 5.75 Å². The fourth-order valence-corrected chi connectivity index (χ4v) is 3.21. The second kappa shape index (κ2) is 7.92. The number of esters is 1. The van der Waals surface area contributed by atoms with E-state index in [-0.39, 0.29) is 18.3 Å². The summed E-state index contributed by atoms with van der Waals surface area (Å²) in [4.78, 5) is 28.1. The molecule has 0 spiro atoms. The van der Waals surface area contributed by atoms with Gasteiger partial charge in [-0.2, -0.15) is 4.99 Å². The van der Waals surface area contributed by atoms with Gasteiger partial charge in [0, 0.05) is 19.0 Å². The molecule has 6 nitrogen and oxygen atoms in total. The van der Waals surface area contributed by atoms with E-state index in [2.05, 4.69) is 4.99 Å². The number of fused-ring (bicyclic) bond motifs is 1. The number of rotatable bonds is 6. The highest BCUT2D eigenvalue weighted by Crippen LogP contribution is 2.23. The van der Waals surface area contributed by atoms with E-state index in [0.29, 0.717) is 23.5 Å². The number of benzene rings is 1. The van der Waals surface area contributed by atoms with Crippen LogP contribution in [0.4, 0.5) is 0 Å². The van der Waals surface area contributed by atoms with Crippen LogP contribution in [0.5, 0.6) is 5.75 Å². The minimum atomic E-state index is -0.300. The molecule has 0 saturated carbocycles. The fraction of sp³-hybridized carbons (Fsp3) is 0.438. The highest BCUT2D eigenvalue weighted by atomic mass is 32.1. The molecule has 0 fully saturated rings. The van der Waals surface area contributed by atoms with Crippen LogP contribution in [0.2, 0.25) is 0 Å². The predicted molar refractivity (Wildman–Crippen MR) is 88.5 cm³/mol. The zero-order valence-electron chi connectivity index (χ0n) is 13.5. The Kier molecular flexibility index (Phi) is 5.92. The second-order valence-corrected chi connectivity index (χ2v) is 5.96. The summed E-state index contributed by atoms with van der Waals surface area (Å²) in [5.74, 6) is 0.261. The van der Waals surface area contributed by atoms with Crippen LogP contribution in [-0.2, 0) is 20.9 Å². The maximum atomic E-state index is 11.9. The number of nitrogens with zero attached hydrogens (tertiary/aromatic N) is 2. The van der Waals surface area contributed by atoms with Gasteiger partial charge in [0.2, 0.25) is 5.91 Å². The van der Waals surface area contributed by atoms with Crippen LogP contribution in [0.25, 0.3) is 10.2 Å². The normalized spacial score (nSPS) is 11.7. The summed E-state index contributed by atoms with van der Waals surface area (Å²) >= 11 is 1.42. The monoisotopic (exact) mass is 336 g/mol. The van der Waals surface area contributed by atoms with Crippen molar-refractivity contribution in [2.45, 2.75) is 32.7 Å². The number of carbonyl (C=O) groups excluding carboxylic acids is 2. The Bertz CT molecular complexity index is 776. The van der Waals surface area contributed by atoms with Gasteiger partial charge in [0.05, 0.1) is 30.9 Å². The number of ether oxygens (including phenoxy) is 2. The van der Waals surface area contributed by atoms with Gasteiger partial charge in [0.15, 0.2) is 4.80 Å². The Morgan fingerprint density at radius 3 is 2.70 bits per heavy atom. The van der Waals surface area contributed by atoms with Gasteiger partial charge < -0.3 is 14.0 Å². The van der Waals surface area contributed by atoms with Crippen LogP contribution >= 0.6 is 11.3 Å². The van der Waals surface area contributed by atoms with Gasteiger partial charge in [-0.25, -0.2) is 0 Å². The summed E-state index contributed by atoms with van der Waals surface area (Å²) in [6, 6.07) is 5.67. The van der Waals surface area contributed by atoms with Crippen molar-refractivity contribution in [1.29, 1.82) is 0 Å². The van der Waals surface area contributed by atoms with E-state index >= 15 is 0 Å². The average Bonchev–Trinajstić information content (AvgIpc) is 2.88. The molecule has 1 amide bonds. The van der Waals surface area contributed by atoms with Crippen molar-refractivity contribution in [2.75, 3.05) is 14.2 Å². The van der Waals surface area contributed by atoms with Crippen molar-refractivity contribution in [3.63, 3.8) is 0 Å². The van der Waals surface area contributed by atoms with Gasteiger partial charge in [0.1, 0.15) is 5.75 Å². The summed E-state index contributed by atoms with van der Waals surface area (Å²) in [7, 11) is 2.96. The molecule has 7 heteroatoms. The van der Waals surface area contributed by atoms with Crippen molar-refractivity contribution < 1.29 is 19.1 Å². The van der Waals surface area contributed by atoms with E-state index in [0.717, 1.165) is 16.6 Å². The molecular weight excluding hydrogens is 316 g/mol. The zero-order chi connectivity index (χ0) is 16.8. The lowest BCUT2D eigenvalue weighted by molar-refractivity contribution is -0.140. The second-order valence-electron chi connectivity index (χ2n) is 4.95. The summed E-state index contributed by atoms with van der Waals surface area (Å²) in [5, 5.41) is 0. The maximum absolute atomic E-state index is 11.9. The van der Waals surface area contributed by atoms with Gasteiger partial charge in [0.25, 0.3) is 0 Å². The molecular formula is C16H20N2O4S. The van der Waals surface area contributed by atoms with Crippen molar-refractivity contribution in [2.24, 2.45) is 4.99 Å². The molecule has 0 unspecified atom stereocenters. The number of carbonyl (C=O) groups is 2. The minimum absolute atomic E-state index is 0.155. The third kappa shape index (κ3) is 4.19. The smallest absolute Gasteiger partial charge is 0.307 e. The molecule has 0 aliphatic carbocycles. The quantitative estimate of drug-likeness (QED) is 0.760. The molecule has 0 saturated heterocycles. The van der Waals surface area contributed by atoms with E-state index in [4.69, 9.17) is 9.47 Å². The molecule has 0 radical (unpaired) electrons. The lowest BCUT2D eigenvalue weighted by Crippen LogP contribution is -2.19. The highest BCUT2D eigenvalue weighted by molar-refractivity contribution is 7.16. The Morgan fingerprint density at radius 2 is 2.04 bits per heavy atom. The van der Waals surface area contributed by atoms with E-state index < -0.39 is 0 Å². The van der Waals surface area contributed by atoms with Crippen LogP contribution in [-0.4, -0.2) is 30.7 Å². The summed E-state index contributed by atoms with van der Waals surface area (Å²) < 4.78 is 12.8. The van der Waals surface area contributed by atoms with Crippen LogP contribution in [0.1, 0.15) is 26.2 Å². The number of hydrogen-bond donors (Lipinski definition) is 0. The van der Waals surface area contributed by atoms with E-state index in [1.54, 1.807) is 7.11 Å². The molecule has 0 bridgehead atoms. The van der Waals surface area contributed by atoms with Crippen molar-refractivity contribution in [1.82, 2.24) is 4.57 Å². The number of thiazole rings is 1. The number of hydrogen-bond acceptors (Lipinski definition) is 5. The first-order valence-corrected chi connectivity index (χ1v) is 8.22. The highest BCUT2D eigenvalue weighted by Gasteiger charge is 2.11. The Labute approximate surface area is 138 Å². The standard InChI is InChI=1S/C16H20N2O4S/c1-4-5-14(19)17-16-18(9-8-15(20)22-3)12-10-11(21-2)6-7-13(12)23-16/h6-7,10H,4-5,8-9H2,1-3H3. The predicted octanol–water partition coefficient (Wildman–Crippen LogP) is 2.50. The van der Waals surface area contributed by atoms with Gasteiger partial charge in [-0.15, -0.1) is 0 Å². The Morgan fingerprint density at radius 1 is 1.26 bits per heavy atom. The van der Waals surface area contributed by atoms with Crippen LogP contribution in [0.3, 0.4) is 0 Å². The van der Waals surface area contributed by atoms with E-state index in [9.17, 15) is 9.59 Å². The topological polar surface area (TPSA) is 69.9 Å². The molecule has 0 N–H and O–H groups in total. The molecule has 1 heterocycles. The molecule has 23 heavy (non-hydrogen) atoms. The Balaban J connectivity index is 2.51. The molecule has 2 aromatic rings. The summed E-state index contributed by atoms with van der Waals surface area (Å²) in [6.45, 7) is 2.34. The van der Waals surface area contributed by atoms with E-state index in [1.807, 2.05) is 29.7 Å². The largest absolute Gasteiger partial charge is 0.497 e. The Hall–Kier alpha value is -2.15. The van der Waals surface area contributed by atoms with Gasteiger partial charge in [-0.3, -0.25) is 9.59 Å². The van der Waals surface area contributed by atoms with Crippen molar-refractivity contribution in [3.05, 3.63) is 23.0 Å². The first-order chi connectivity index (χ1) is 11.1. The number of aromatic nitrogens is 1. The first-order valence-electron chi connectivity index (χ1n) is 7.40. The maximum Gasteiger partial charge on any atom is 0.307 e. The lowest BCUT2D eigenvalue weighted by atomic mass is 10.3. The minimum Gasteiger partial charge on any atom is -0.497 e. The van der Waals surface area contributed by atoms with Gasteiger partial charge in [-0.1, -0.05) is 18.3 Å². The van der Waals surface area contributed by atoms with Crippen LogP contribution in [0, 0.1) is 0 Å². The molecule has 0 aliphatic rings. The number of aryl methyl sites for hydroxylation is 1. The third-order valence-electron chi connectivity index (χ3n) is 3.34. The summed E-state index contributed by atoms with van der Waals surface area (Å²) in [6.07, 6.45) is 1.38. The molecule has 0 atom stereocenters. The van der Waals surface area contributed by atoms with Crippen LogP contribution in [0.15, 0.2) is 23.2 Å². The number of methoxy groups -OCH3 is 2. The SMILES string of the molecule is CCCC(=O)N=c1sc2ccc(OC)cc2n1CCC(=O)OC. The molecule has 0 aliphatic heterocycles.